The minimum atomic E-state index is -3.53. The highest BCUT2D eigenvalue weighted by Gasteiger charge is 2.17. The molecule has 0 amide bonds. The second-order valence-electron chi connectivity index (χ2n) is 4.51. The Labute approximate surface area is 132 Å². The highest BCUT2D eigenvalue weighted by molar-refractivity contribution is 9.10. The number of nitrogens with one attached hydrogen (secondary N) is 2. The number of imidazole rings is 1. The number of rotatable bonds is 7. The second-order valence-corrected chi connectivity index (χ2v) is 7.10. The van der Waals surface area contributed by atoms with Crippen molar-refractivity contribution in [3.63, 3.8) is 0 Å². The summed E-state index contributed by atoms with van der Waals surface area (Å²) in [5, 5.41) is 0. The molecule has 4 N–H and O–H groups in total. The van der Waals surface area contributed by atoms with Gasteiger partial charge in [-0.1, -0.05) is 6.07 Å². The lowest BCUT2D eigenvalue weighted by Gasteiger charge is -2.09. The van der Waals surface area contributed by atoms with Crippen molar-refractivity contribution in [3.8, 4) is 0 Å². The van der Waals surface area contributed by atoms with E-state index in [1.807, 2.05) is 0 Å². The fourth-order valence-electron chi connectivity index (χ4n) is 1.86. The third kappa shape index (κ3) is 4.37. The Morgan fingerprint density at radius 1 is 1.38 bits per heavy atom. The third-order valence-corrected chi connectivity index (χ3v) is 5.40. The Kier molecular flexibility index (Phi) is 5.51. The molecular weight excluding hydrogens is 356 g/mol. The van der Waals surface area contributed by atoms with Crippen LogP contribution in [0.3, 0.4) is 0 Å². The van der Waals surface area contributed by atoms with E-state index in [0.29, 0.717) is 30.4 Å². The highest BCUT2D eigenvalue weighted by atomic mass is 79.9. The zero-order valence-corrected chi connectivity index (χ0v) is 13.7. The van der Waals surface area contributed by atoms with Crippen LogP contribution in [0.25, 0.3) is 0 Å². The summed E-state index contributed by atoms with van der Waals surface area (Å²) < 4.78 is 27.5. The summed E-state index contributed by atoms with van der Waals surface area (Å²) in [6.45, 7) is 0.726. The van der Waals surface area contributed by atoms with Crippen LogP contribution in [-0.4, -0.2) is 24.9 Å². The fourth-order valence-corrected chi connectivity index (χ4v) is 4.06. The standard InChI is InChI=1S/C13H17BrN4O2S/c14-11-8-10(9-15)3-4-12(11)21(19,20)18-5-1-2-13-16-6-7-17-13/h3-4,6-8,18H,1-2,5,9,15H2,(H,16,17). The van der Waals surface area contributed by atoms with E-state index in [1.54, 1.807) is 30.6 Å². The molecule has 0 spiro atoms. The van der Waals surface area contributed by atoms with E-state index in [0.717, 1.165) is 11.4 Å². The topological polar surface area (TPSA) is 101 Å². The van der Waals surface area contributed by atoms with Crippen molar-refractivity contribution in [1.82, 2.24) is 14.7 Å². The Morgan fingerprint density at radius 3 is 2.81 bits per heavy atom. The summed E-state index contributed by atoms with van der Waals surface area (Å²) in [4.78, 5) is 7.29. The van der Waals surface area contributed by atoms with E-state index in [-0.39, 0.29) is 4.90 Å². The lowest BCUT2D eigenvalue weighted by Crippen LogP contribution is -2.25. The van der Waals surface area contributed by atoms with Gasteiger partial charge >= 0.3 is 0 Å². The summed E-state index contributed by atoms with van der Waals surface area (Å²) in [6.07, 6.45) is 4.79. The van der Waals surface area contributed by atoms with Crippen LogP contribution in [0.5, 0.6) is 0 Å². The minimum absolute atomic E-state index is 0.220. The molecule has 8 heteroatoms. The molecule has 0 atom stereocenters. The van der Waals surface area contributed by atoms with Crippen LogP contribution in [0.2, 0.25) is 0 Å². The van der Waals surface area contributed by atoms with E-state index < -0.39 is 10.0 Å². The molecule has 2 aromatic rings. The van der Waals surface area contributed by atoms with Crippen LogP contribution in [0.4, 0.5) is 0 Å². The molecule has 0 aliphatic carbocycles. The van der Waals surface area contributed by atoms with Gasteiger partial charge in [0.05, 0.1) is 4.90 Å². The number of aryl methyl sites for hydroxylation is 1. The van der Waals surface area contributed by atoms with Crippen LogP contribution in [0, 0.1) is 0 Å². The SMILES string of the molecule is NCc1ccc(S(=O)(=O)NCCCc2ncc[nH]2)c(Br)c1. The van der Waals surface area contributed by atoms with E-state index >= 15 is 0 Å². The summed E-state index contributed by atoms with van der Waals surface area (Å²) in [5.41, 5.74) is 6.40. The molecule has 114 valence electrons. The van der Waals surface area contributed by atoms with E-state index in [2.05, 4.69) is 30.6 Å². The van der Waals surface area contributed by atoms with Crippen molar-refractivity contribution in [2.45, 2.75) is 24.3 Å². The van der Waals surface area contributed by atoms with Gasteiger partial charge in [-0.25, -0.2) is 18.1 Å². The van der Waals surface area contributed by atoms with Crippen molar-refractivity contribution >= 4 is 26.0 Å². The quantitative estimate of drug-likeness (QED) is 0.641. The number of sulfonamides is 1. The van der Waals surface area contributed by atoms with Gasteiger partial charge in [0.1, 0.15) is 5.82 Å². The first kappa shape index (κ1) is 16.2. The van der Waals surface area contributed by atoms with Gasteiger partial charge in [-0.05, 0) is 40.0 Å². The van der Waals surface area contributed by atoms with Crippen molar-refractivity contribution < 1.29 is 8.42 Å². The number of nitrogens with zero attached hydrogens (tertiary/aromatic N) is 1. The first-order valence-electron chi connectivity index (χ1n) is 6.49. The average Bonchev–Trinajstić information content (AvgIpc) is 2.96. The molecule has 0 aliphatic heterocycles. The maximum absolute atomic E-state index is 12.2. The molecule has 0 radical (unpaired) electrons. The molecular formula is C13H17BrN4O2S. The number of halogens is 1. The molecule has 6 nitrogen and oxygen atoms in total. The minimum Gasteiger partial charge on any atom is -0.349 e. The molecule has 0 unspecified atom stereocenters. The van der Waals surface area contributed by atoms with E-state index in [9.17, 15) is 8.42 Å². The normalized spacial score (nSPS) is 11.7. The predicted octanol–water partition coefficient (Wildman–Crippen LogP) is 1.54. The molecule has 1 heterocycles. The summed E-state index contributed by atoms with van der Waals surface area (Å²) in [6, 6.07) is 4.99. The number of nitrogens with two attached hydrogens (primary N) is 1. The van der Waals surface area contributed by atoms with Gasteiger partial charge in [0.2, 0.25) is 10.0 Å². The molecule has 2 rings (SSSR count). The smallest absolute Gasteiger partial charge is 0.241 e. The number of hydrogen-bond acceptors (Lipinski definition) is 4. The number of H-pyrrole nitrogens is 1. The Balaban J connectivity index is 1.95. The van der Waals surface area contributed by atoms with Gasteiger partial charge in [0.15, 0.2) is 0 Å². The van der Waals surface area contributed by atoms with Gasteiger partial charge < -0.3 is 10.7 Å². The van der Waals surface area contributed by atoms with Crippen molar-refractivity contribution in [2.75, 3.05) is 6.54 Å². The summed E-state index contributed by atoms with van der Waals surface area (Å²) in [5.74, 6) is 0.850. The van der Waals surface area contributed by atoms with Gasteiger partial charge in [-0.15, -0.1) is 0 Å². The predicted molar refractivity (Wildman–Crippen MR) is 84.1 cm³/mol. The van der Waals surface area contributed by atoms with E-state index in [1.165, 1.54) is 0 Å². The van der Waals surface area contributed by atoms with Gasteiger partial charge in [0, 0.05) is 36.4 Å². The van der Waals surface area contributed by atoms with Crippen LogP contribution in [0.1, 0.15) is 17.8 Å². The first-order valence-corrected chi connectivity index (χ1v) is 8.77. The molecule has 0 saturated carbocycles. The highest BCUT2D eigenvalue weighted by Crippen LogP contribution is 2.23. The third-order valence-electron chi connectivity index (χ3n) is 2.96. The molecule has 1 aromatic carbocycles. The van der Waals surface area contributed by atoms with Gasteiger partial charge in [-0.3, -0.25) is 0 Å². The van der Waals surface area contributed by atoms with Crippen LogP contribution in [0.15, 0.2) is 40.0 Å². The monoisotopic (exact) mass is 372 g/mol. The Hall–Kier alpha value is -1.22. The number of benzene rings is 1. The van der Waals surface area contributed by atoms with Crippen molar-refractivity contribution in [3.05, 3.63) is 46.5 Å². The van der Waals surface area contributed by atoms with Crippen LogP contribution in [-0.2, 0) is 23.0 Å². The van der Waals surface area contributed by atoms with Crippen molar-refractivity contribution in [1.29, 1.82) is 0 Å². The van der Waals surface area contributed by atoms with Crippen molar-refractivity contribution in [2.24, 2.45) is 5.73 Å². The molecule has 1 aromatic heterocycles. The number of aromatic amines is 1. The van der Waals surface area contributed by atoms with Crippen LogP contribution < -0.4 is 10.5 Å². The zero-order valence-electron chi connectivity index (χ0n) is 11.3. The lowest BCUT2D eigenvalue weighted by molar-refractivity contribution is 0.578. The second kappa shape index (κ2) is 7.17. The molecule has 0 bridgehead atoms. The van der Waals surface area contributed by atoms with Gasteiger partial charge in [0.25, 0.3) is 0 Å². The maximum Gasteiger partial charge on any atom is 0.241 e. The summed E-state index contributed by atoms with van der Waals surface area (Å²) >= 11 is 3.27. The maximum atomic E-state index is 12.2. The fraction of sp³-hybridized carbons (Fsp3) is 0.308. The van der Waals surface area contributed by atoms with E-state index in [4.69, 9.17) is 5.73 Å². The summed E-state index contributed by atoms with van der Waals surface area (Å²) in [7, 11) is -3.53. The number of aromatic nitrogens is 2. The average molecular weight is 373 g/mol. The van der Waals surface area contributed by atoms with Crippen LogP contribution >= 0.6 is 15.9 Å². The Morgan fingerprint density at radius 2 is 2.19 bits per heavy atom. The number of hydrogen-bond donors (Lipinski definition) is 3. The lowest BCUT2D eigenvalue weighted by atomic mass is 10.2. The molecule has 0 saturated heterocycles. The first-order chi connectivity index (χ1) is 10.0. The molecule has 0 fully saturated rings. The largest absolute Gasteiger partial charge is 0.349 e. The molecule has 21 heavy (non-hydrogen) atoms. The molecule has 0 aliphatic rings. The Bertz CT molecular complexity index is 686. The van der Waals surface area contributed by atoms with Gasteiger partial charge in [-0.2, -0.15) is 0 Å². The zero-order chi connectivity index (χ0) is 15.3.